The molecule has 0 aliphatic rings. The number of benzene rings is 2. The van der Waals surface area contributed by atoms with Crippen molar-refractivity contribution in [1.29, 1.82) is 0 Å². The van der Waals surface area contributed by atoms with Crippen molar-refractivity contribution >= 4 is 11.9 Å². The van der Waals surface area contributed by atoms with Gasteiger partial charge in [-0.05, 0) is 60.4 Å². The van der Waals surface area contributed by atoms with Gasteiger partial charge in [0.05, 0.1) is 12.8 Å². The van der Waals surface area contributed by atoms with Crippen LogP contribution in [0, 0.1) is 0 Å². The molecule has 2 aromatic rings. The molecule has 2 heteroatoms. The van der Waals surface area contributed by atoms with E-state index in [0.717, 1.165) is 23.4 Å². The van der Waals surface area contributed by atoms with E-state index < -0.39 is 0 Å². The Labute approximate surface area is 127 Å². The number of hydrogen-bond donors (Lipinski definition) is 0. The predicted octanol–water partition coefficient (Wildman–Crippen LogP) is 5.18. The van der Waals surface area contributed by atoms with Crippen molar-refractivity contribution in [3.63, 3.8) is 0 Å². The Hall–Kier alpha value is -2.09. The number of aryl methyl sites for hydroxylation is 1. The van der Waals surface area contributed by atoms with Crippen LogP contribution in [-0.4, -0.2) is 13.3 Å². The van der Waals surface area contributed by atoms with Crippen molar-refractivity contribution in [3.8, 4) is 5.75 Å². The molecule has 0 spiro atoms. The number of hydrogen-bond acceptors (Lipinski definition) is 2. The fourth-order valence-corrected chi connectivity index (χ4v) is 2.17. The highest BCUT2D eigenvalue weighted by Gasteiger charge is 1.95. The van der Waals surface area contributed by atoms with Gasteiger partial charge in [0, 0.05) is 6.21 Å². The van der Waals surface area contributed by atoms with E-state index in [0.29, 0.717) is 0 Å². The molecule has 0 radical (unpaired) electrons. The van der Waals surface area contributed by atoms with Crippen LogP contribution in [0.3, 0.4) is 0 Å². The number of nitrogens with zero attached hydrogens (tertiary/aromatic N) is 1. The van der Waals surface area contributed by atoms with Gasteiger partial charge in [-0.2, -0.15) is 0 Å². The van der Waals surface area contributed by atoms with E-state index in [1.54, 1.807) is 7.11 Å². The van der Waals surface area contributed by atoms with Crippen LogP contribution in [0.4, 0.5) is 5.69 Å². The lowest BCUT2D eigenvalue weighted by Gasteiger charge is -2.01. The minimum absolute atomic E-state index is 0.864. The Balaban J connectivity index is 1.93. The minimum atomic E-state index is 0.864. The zero-order valence-corrected chi connectivity index (χ0v) is 12.9. The molecule has 0 bridgehead atoms. The molecule has 0 amide bonds. The summed E-state index contributed by atoms with van der Waals surface area (Å²) in [5, 5.41) is 0. The van der Waals surface area contributed by atoms with Gasteiger partial charge >= 0.3 is 0 Å². The molecule has 0 aliphatic heterocycles. The van der Waals surface area contributed by atoms with Gasteiger partial charge in [0.2, 0.25) is 0 Å². The molecule has 0 saturated carbocycles. The van der Waals surface area contributed by atoms with Gasteiger partial charge in [0.15, 0.2) is 0 Å². The molecular formula is C19H23NO. The number of aliphatic imine (C=N–C) groups is 1. The first-order chi connectivity index (χ1) is 10.3. The molecule has 0 atom stereocenters. The van der Waals surface area contributed by atoms with E-state index >= 15 is 0 Å². The lowest BCUT2D eigenvalue weighted by Crippen LogP contribution is -1.85. The van der Waals surface area contributed by atoms with Crippen LogP contribution in [0.2, 0.25) is 0 Å². The van der Waals surface area contributed by atoms with Crippen molar-refractivity contribution in [2.45, 2.75) is 32.6 Å². The smallest absolute Gasteiger partial charge is 0.118 e. The van der Waals surface area contributed by atoms with Crippen LogP contribution in [-0.2, 0) is 6.42 Å². The Morgan fingerprint density at radius 2 is 1.67 bits per heavy atom. The van der Waals surface area contributed by atoms with Gasteiger partial charge in [-0.15, -0.1) is 0 Å². The van der Waals surface area contributed by atoms with Crippen LogP contribution >= 0.6 is 0 Å². The maximum Gasteiger partial charge on any atom is 0.118 e. The van der Waals surface area contributed by atoms with Gasteiger partial charge in [-0.3, -0.25) is 4.99 Å². The molecule has 0 heterocycles. The van der Waals surface area contributed by atoms with Crippen LogP contribution in [0.5, 0.6) is 5.75 Å². The topological polar surface area (TPSA) is 21.6 Å². The number of unbranched alkanes of at least 4 members (excludes halogenated alkanes) is 2. The summed E-state index contributed by atoms with van der Waals surface area (Å²) in [6, 6.07) is 16.4. The normalized spacial score (nSPS) is 11.0. The van der Waals surface area contributed by atoms with Crippen molar-refractivity contribution in [3.05, 3.63) is 59.7 Å². The first-order valence-electron chi connectivity index (χ1n) is 7.59. The van der Waals surface area contributed by atoms with Crippen molar-refractivity contribution < 1.29 is 4.74 Å². The third kappa shape index (κ3) is 5.07. The fraction of sp³-hybridized carbons (Fsp3) is 0.316. The number of rotatable bonds is 7. The summed E-state index contributed by atoms with van der Waals surface area (Å²) in [6.07, 6.45) is 6.88. The number of ether oxygens (including phenoxy) is 1. The molecule has 0 fully saturated rings. The van der Waals surface area contributed by atoms with Crippen molar-refractivity contribution in [2.24, 2.45) is 4.99 Å². The maximum atomic E-state index is 5.14. The molecule has 110 valence electrons. The standard InChI is InChI=1S/C19H23NO/c1-3-4-5-6-16-7-11-18(12-8-16)20-15-17-9-13-19(21-2)14-10-17/h7-15H,3-6H2,1-2H3. The van der Waals surface area contributed by atoms with Crippen LogP contribution in [0.1, 0.15) is 37.3 Å². The molecule has 2 nitrogen and oxygen atoms in total. The fourth-order valence-electron chi connectivity index (χ4n) is 2.17. The molecule has 2 rings (SSSR count). The Morgan fingerprint density at radius 1 is 0.952 bits per heavy atom. The molecule has 0 N–H and O–H groups in total. The van der Waals surface area contributed by atoms with E-state index in [2.05, 4.69) is 36.2 Å². The van der Waals surface area contributed by atoms with Gasteiger partial charge in [0.1, 0.15) is 5.75 Å². The third-order valence-corrected chi connectivity index (χ3v) is 3.48. The zero-order chi connectivity index (χ0) is 14.9. The van der Waals surface area contributed by atoms with Crippen LogP contribution in [0.15, 0.2) is 53.5 Å². The Bertz CT molecular complexity index is 555. The second-order valence-electron chi connectivity index (χ2n) is 5.15. The second-order valence-corrected chi connectivity index (χ2v) is 5.15. The Kier molecular flexibility index (Phi) is 6.01. The molecule has 2 aromatic carbocycles. The molecule has 0 aliphatic carbocycles. The monoisotopic (exact) mass is 281 g/mol. The molecule has 0 unspecified atom stereocenters. The highest BCUT2D eigenvalue weighted by atomic mass is 16.5. The summed E-state index contributed by atoms with van der Waals surface area (Å²) in [7, 11) is 1.67. The minimum Gasteiger partial charge on any atom is -0.497 e. The number of methoxy groups -OCH3 is 1. The average Bonchev–Trinajstić information content (AvgIpc) is 2.55. The zero-order valence-electron chi connectivity index (χ0n) is 12.9. The maximum absolute atomic E-state index is 5.14. The van der Waals surface area contributed by atoms with E-state index in [-0.39, 0.29) is 0 Å². The predicted molar refractivity (Wildman–Crippen MR) is 89.9 cm³/mol. The summed E-state index contributed by atoms with van der Waals surface area (Å²) in [5.74, 6) is 0.864. The quantitative estimate of drug-likeness (QED) is 0.506. The third-order valence-electron chi connectivity index (χ3n) is 3.48. The SMILES string of the molecule is CCCCCc1ccc(N=Cc2ccc(OC)cc2)cc1. The molecule has 0 saturated heterocycles. The molecular weight excluding hydrogens is 258 g/mol. The second kappa shape index (κ2) is 8.25. The lowest BCUT2D eigenvalue weighted by molar-refractivity contribution is 0.415. The van der Waals surface area contributed by atoms with Crippen LogP contribution in [0.25, 0.3) is 0 Å². The summed E-state index contributed by atoms with van der Waals surface area (Å²) < 4.78 is 5.14. The van der Waals surface area contributed by atoms with E-state index in [1.807, 2.05) is 30.5 Å². The first-order valence-corrected chi connectivity index (χ1v) is 7.59. The summed E-state index contributed by atoms with van der Waals surface area (Å²) >= 11 is 0. The highest BCUT2D eigenvalue weighted by molar-refractivity contribution is 5.82. The average molecular weight is 281 g/mol. The van der Waals surface area contributed by atoms with E-state index in [4.69, 9.17) is 4.74 Å². The van der Waals surface area contributed by atoms with Crippen molar-refractivity contribution in [2.75, 3.05) is 7.11 Å². The molecule has 0 aromatic heterocycles. The molecule has 21 heavy (non-hydrogen) atoms. The van der Waals surface area contributed by atoms with E-state index in [9.17, 15) is 0 Å². The van der Waals surface area contributed by atoms with Crippen LogP contribution < -0.4 is 4.74 Å². The van der Waals surface area contributed by atoms with Gasteiger partial charge in [0.25, 0.3) is 0 Å². The highest BCUT2D eigenvalue weighted by Crippen LogP contribution is 2.16. The summed E-state index contributed by atoms with van der Waals surface area (Å²) in [5.41, 5.74) is 3.46. The lowest BCUT2D eigenvalue weighted by atomic mass is 10.1. The largest absolute Gasteiger partial charge is 0.497 e. The van der Waals surface area contributed by atoms with E-state index in [1.165, 1.54) is 24.8 Å². The Morgan fingerprint density at radius 3 is 2.29 bits per heavy atom. The first kappa shape index (κ1) is 15.3. The summed E-state index contributed by atoms with van der Waals surface area (Å²) in [4.78, 5) is 4.50. The summed E-state index contributed by atoms with van der Waals surface area (Å²) in [6.45, 7) is 2.23. The van der Waals surface area contributed by atoms with Crippen molar-refractivity contribution in [1.82, 2.24) is 0 Å². The van der Waals surface area contributed by atoms with Gasteiger partial charge in [-0.25, -0.2) is 0 Å². The van der Waals surface area contributed by atoms with Gasteiger partial charge in [-0.1, -0.05) is 31.9 Å². The van der Waals surface area contributed by atoms with Gasteiger partial charge < -0.3 is 4.74 Å².